The first-order chi connectivity index (χ1) is 7.85. The van der Waals surface area contributed by atoms with Crippen LogP contribution in [-0.4, -0.2) is 34.9 Å². The maximum absolute atomic E-state index is 11.2. The maximum Gasteiger partial charge on any atom is 0.250 e. The van der Waals surface area contributed by atoms with E-state index in [2.05, 4.69) is 5.32 Å². The number of benzene rings is 1. The molecule has 1 atom stereocenters. The lowest BCUT2D eigenvalue weighted by atomic mass is 10.1. The summed E-state index contributed by atoms with van der Waals surface area (Å²) in [6, 6.07) is 4.62. The highest BCUT2D eigenvalue weighted by Crippen LogP contribution is 2.19. The number of amides is 1. The summed E-state index contributed by atoms with van der Waals surface area (Å²) in [7, 11) is 0. The molecule has 0 saturated heterocycles. The molecule has 0 saturated carbocycles. The molecule has 0 spiro atoms. The van der Waals surface area contributed by atoms with Crippen LogP contribution in [0.1, 0.15) is 17.3 Å². The second-order valence-electron chi connectivity index (χ2n) is 4.18. The summed E-state index contributed by atoms with van der Waals surface area (Å²) in [5.41, 5.74) is 10.7. The molecule has 1 aromatic rings. The van der Waals surface area contributed by atoms with Crippen molar-refractivity contribution in [2.45, 2.75) is 12.5 Å². The smallest absolute Gasteiger partial charge is 0.250 e. The zero-order chi connectivity index (χ0) is 13.1. The van der Waals surface area contributed by atoms with E-state index >= 15 is 0 Å². The van der Waals surface area contributed by atoms with Crippen molar-refractivity contribution in [1.29, 1.82) is 0 Å². The van der Waals surface area contributed by atoms with Gasteiger partial charge in [-0.05, 0) is 25.1 Å². The van der Waals surface area contributed by atoms with Gasteiger partial charge in [0.25, 0.3) is 5.91 Å². The summed E-state index contributed by atoms with van der Waals surface area (Å²) < 4.78 is 0. The van der Waals surface area contributed by atoms with E-state index in [1.807, 2.05) is 0 Å². The van der Waals surface area contributed by atoms with Crippen molar-refractivity contribution in [1.82, 2.24) is 0 Å². The van der Waals surface area contributed by atoms with Crippen LogP contribution < -0.4 is 16.8 Å². The van der Waals surface area contributed by atoms with Gasteiger partial charge in [-0.15, -0.1) is 0 Å². The molecule has 0 aliphatic carbocycles. The summed E-state index contributed by atoms with van der Waals surface area (Å²) in [5, 5.41) is 21.4. The van der Waals surface area contributed by atoms with Gasteiger partial charge in [0.1, 0.15) is 5.60 Å². The highest BCUT2D eigenvalue weighted by molar-refractivity contribution is 5.99. The van der Waals surface area contributed by atoms with E-state index in [1.165, 1.54) is 13.0 Å². The molecule has 1 amide bonds. The number of nitrogens with two attached hydrogens (primary N) is 2. The lowest BCUT2D eigenvalue weighted by Crippen LogP contribution is -2.37. The predicted molar refractivity (Wildman–Crippen MR) is 65.6 cm³/mol. The van der Waals surface area contributed by atoms with Crippen molar-refractivity contribution in [2.75, 3.05) is 24.2 Å². The summed E-state index contributed by atoms with van der Waals surface area (Å²) in [5.74, 6) is -0.587. The predicted octanol–water partition coefficient (Wildman–Crippen LogP) is -0.477. The number of primary amides is 1. The lowest BCUT2D eigenvalue weighted by Gasteiger charge is -2.22. The molecule has 17 heavy (non-hydrogen) atoms. The topological polar surface area (TPSA) is 122 Å². The quantitative estimate of drug-likeness (QED) is 0.444. The van der Waals surface area contributed by atoms with Gasteiger partial charge >= 0.3 is 0 Å². The van der Waals surface area contributed by atoms with Crippen molar-refractivity contribution >= 4 is 17.3 Å². The Labute approximate surface area is 99.2 Å². The molecule has 94 valence electrons. The van der Waals surface area contributed by atoms with Crippen LogP contribution in [0.3, 0.4) is 0 Å². The van der Waals surface area contributed by atoms with Crippen LogP contribution in [0.5, 0.6) is 0 Å². The SMILES string of the molecule is CC(O)(CO)CNc1cc(N)ccc1C(N)=O. The Morgan fingerprint density at radius 3 is 2.71 bits per heavy atom. The lowest BCUT2D eigenvalue weighted by molar-refractivity contribution is 0.0132. The Kier molecular flexibility index (Phi) is 3.93. The standard InChI is InChI=1S/C11H17N3O3/c1-11(17,6-15)5-14-9-4-7(12)2-3-8(9)10(13)16/h2-4,14-15,17H,5-6,12H2,1H3,(H2,13,16). The summed E-state index contributed by atoms with van der Waals surface area (Å²) in [6.45, 7) is 1.15. The Balaban J connectivity index is 2.89. The third kappa shape index (κ3) is 3.61. The molecule has 1 aromatic carbocycles. The van der Waals surface area contributed by atoms with Crippen LogP contribution in [0.4, 0.5) is 11.4 Å². The molecule has 1 rings (SSSR count). The molecular formula is C11H17N3O3. The molecule has 6 nitrogen and oxygen atoms in total. The van der Waals surface area contributed by atoms with Gasteiger partial charge in [-0.25, -0.2) is 0 Å². The fourth-order valence-electron chi connectivity index (χ4n) is 1.26. The average Bonchev–Trinajstić information content (AvgIpc) is 2.26. The first-order valence-corrected chi connectivity index (χ1v) is 5.12. The van der Waals surface area contributed by atoms with Gasteiger partial charge in [0.15, 0.2) is 0 Å². The van der Waals surface area contributed by atoms with Gasteiger partial charge < -0.3 is 27.0 Å². The molecule has 0 aliphatic rings. The Morgan fingerprint density at radius 1 is 1.53 bits per heavy atom. The van der Waals surface area contributed by atoms with Crippen LogP contribution in [0.2, 0.25) is 0 Å². The fraction of sp³-hybridized carbons (Fsp3) is 0.364. The second-order valence-corrected chi connectivity index (χ2v) is 4.18. The molecule has 7 N–H and O–H groups in total. The maximum atomic E-state index is 11.2. The second kappa shape index (κ2) is 5.03. The molecule has 0 fully saturated rings. The summed E-state index contributed by atoms with van der Waals surface area (Å²) in [4.78, 5) is 11.2. The van der Waals surface area contributed by atoms with Gasteiger partial charge in [0.2, 0.25) is 0 Å². The first kappa shape index (κ1) is 13.3. The largest absolute Gasteiger partial charge is 0.399 e. The highest BCUT2D eigenvalue weighted by Gasteiger charge is 2.19. The normalized spacial score (nSPS) is 14.1. The van der Waals surface area contributed by atoms with Gasteiger partial charge in [-0.1, -0.05) is 0 Å². The number of hydrogen-bond acceptors (Lipinski definition) is 5. The summed E-state index contributed by atoms with van der Waals surface area (Å²) >= 11 is 0. The minimum atomic E-state index is -1.28. The van der Waals surface area contributed by atoms with Crippen molar-refractivity contribution in [3.63, 3.8) is 0 Å². The number of nitrogen functional groups attached to an aromatic ring is 1. The fourth-order valence-corrected chi connectivity index (χ4v) is 1.26. The molecule has 0 bridgehead atoms. The van der Waals surface area contributed by atoms with E-state index < -0.39 is 18.1 Å². The number of aliphatic hydroxyl groups is 2. The van der Waals surface area contributed by atoms with Gasteiger partial charge in [-0.3, -0.25) is 4.79 Å². The number of hydrogen-bond donors (Lipinski definition) is 5. The highest BCUT2D eigenvalue weighted by atomic mass is 16.3. The Morgan fingerprint density at radius 2 is 2.18 bits per heavy atom. The van der Waals surface area contributed by atoms with Crippen LogP contribution in [0.25, 0.3) is 0 Å². The van der Waals surface area contributed by atoms with Crippen LogP contribution in [0.15, 0.2) is 18.2 Å². The summed E-state index contributed by atoms with van der Waals surface area (Å²) in [6.07, 6.45) is 0. The van der Waals surface area contributed by atoms with E-state index in [-0.39, 0.29) is 12.1 Å². The molecule has 0 aliphatic heterocycles. The van der Waals surface area contributed by atoms with E-state index in [4.69, 9.17) is 16.6 Å². The van der Waals surface area contributed by atoms with Crippen LogP contribution in [0, 0.1) is 0 Å². The molecule has 0 radical (unpaired) electrons. The molecule has 6 heteroatoms. The zero-order valence-electron chi connectivity index (χ0n) is 9.60. The van der Waals surface area contributed by atoms with E-state index in [9.17, 15) is 9.90 Å². The number of aliphatic hydroxyl groups excluding tert-OH is 1. The number of rotatable bonds is 5. The molecule has 0 aromatic heterocycles. The third-order valence-electron chi connectivity index (χ3n) is 2.31. The zero-order valence-corrected chi connectivity index (χ0v) is 9.60. The van der Waals surface area contributed by atoms with E-state index in [0.29, 0.717) is 11.4 Å². The minimum Gasteiger partial charge on any atom is -0.399 e. The minimum absolute atomic E-state index is 0.0766. The average molecular weight is 239 g/mol. The van der Waals surface area contributed by atoms with E-state index in [0.717, 1.165) is 0 Å². The van der Waals surface area contributed by atoms with Gasteiger partial charge in [0, 0.05) is 17.9 Å². The Bertz CT molecular complexity index is 418. The Hall–Kier alpha value is -1.79. The monoisotopic (exact) mass is 239 g/mol. The van der Waals surface area contributed by atoms with Gasteiger partial charge in [0.05, 0.1) is 12.2 Å². The third-order valence-corrected chi connectivity index (χ3v) is 2.31. The van der Waals surface area contributed by atoms with Crippen LogP contribution in [-0.2, 0) is 0 Å². The number of nitrogens with one attached hydrogen (secondary N) is 1. The number of anilines is 2. The van der Waals surface area contributed by atoms with Crippen molar-refractivity contribution in [2.24, 2.45) is 5.73 Å². The number of carbonyl (C=O) groups is 1. The molecular weight excluding hydrogens is 222 g/mol. The van der Waals surface area contributed by atoms with Crippen molar-refractivity contribution in [3.05, 3.63) is 23.8 Å². The number of carbonyl (C=O) groups excluding carboxylic acids is 1. The van der Waals surface area contributed by atoms with E-state index in [1.54, 1.807) is 12.1 Å². The van der Waals surface area contributed by atoms with Crippen LogP contribution >= 0.6 is 0 Å². The van der Waals surface area contributed by atoms with Crippen molar-refractivity contribution < 1.29 is 15.0 Å². The molecule has 1 unspecified atom stereocenters. The molecule has 0 heterocycles. The van der Waals surface area contributed by atoms with Gasteiger partial charge in [-0.2, -0.15) is 0 Å². The van der Waals surface area contributed by atoms with Crippen molar-refractivity contribution in [3.8, 4) is 0 Å². The first-order valence-electron chi connectivity index (χ1n) is 5.12.